The minimum absolute atomic E-state index is 0.716. The number of rotatable bonds is 3. The van der Waals surface area contributed by atoms with Crippen LogP contribution in [0.25, 0.3) is 22.3 Å². The molecule has 0 saturated heterocycles. The molecule has 3 aromatic carbocycles. The number of benzene rings is 3. The summed E-state index contributed by atoms with van der Waals surface area (Å²) in [5.74, 6) is 0. The highest BCUT2D eigenvalue weighted by Crippen LogP contribution is 2.34. The van der Waals surface area contributed by atoms with E-state index in [0.717, 1.165) is 17.4 Å². The van der Waals surface area contributed by atoms with Gasteiger partial charge in [-0.25, -0.2) is 0 Å². The Bertz CT molecular complexity index is 809. The van der Waals surface area contributed by atoms with E-state index >= 15 is 0 Å². The van der Waals surface area contributed by atoms with Crippen LogP contribution >= 0.6 is 0 Å². The zero-order chi connectivity index (χ0) is 17.3. The van der Waals surface area contributed by atoms with Gasteiger partial charge < -0.3 is 0 Å². The van der Waals surface area contributed by atoms with E-state index in [1.54, 1.807) is 0 Å². The van der Waals surface area contributed by atoms with Crippen molar-refractivity contribution < 1.29 is 4.79 Å². The third kappa shape index (κ3) is 2.90. The molecule has 1 nitrogen and oxygen atoms in total. The molecule has 0 fully saturated rings. The molecule has 0 spiro atoms. The van der Waals surface area contributed by atoms with Crippen molar-refractivity contribution in [1.82, 2.24) is 0 Å². The molecule has 3 rings (SSSR count). The lowest BCUT2D eigenvalue weighted by atomic mass is 9.89. The third-order valence-corrected chi connectivity index (χ3v) is 4.63. The Balaban J connectivity index is 2.30. The van der Waals surface area contributed by atoms with Gasteiger partial charge in [-0.15, -0.1) is 0 Å². The average Bonchev–Trinajstić information content (AvgIpc) is 2.54. The molecule has 0 saturated carbocycles. The second-order valence-corrected chi connectivity index (χ2v) is 6.50. The fraction of sp³-hybridized carbons (Fsp3) is 0.174. The number of carbonyl (C=O) groups excluding carboxylic acids is 1. The summed E-state index contributed by atoms with van der Waals surface area (Å²) in [5, 5.41) is 0. The van der Waals surface area contributed by atoms with Gasteiger partial charge in [0.05, 0.1) is 0 Å². The van der Waals surface area contributed by atoms with Crippen LogP contribution in [-0.2, 0) is 0 Å². The Hall–Kier alpha value is -2.67. The first-order valence-corrected chi connectivity index (χ1v) is 8.24. The summed E-state index contributed by atoms with van der Waals surface area (Å²) in [6.07, 6.45) is 0.939. The lowest BCUT2D eigenvalue weighted by Gasteiger charge is -2.15. The minimum atomic E-state index is 0.716. The fourth-order valence-electron chi connectivity index (χ4n) is 3.55. The van der Waals surface area contributed by atoms with Gasteiger partial charge in [0.25, 0.3) is 0 Å². The molecule has 0 aliphatic heterocycles. The molecule has 120 valence electrons. The van der Waals surface area contributed by atoms with Gasteiger partial charge in [-0.2, -0.15) is 0 Å². The van der Waals surface area contributed by atoms with Gasteiger partial charge in [-0.1, -0.05) is 36.4 Å². The number of aryl methyl sites for hydroxylation is 4. The first-order valence-electron chi connectivity index (χ1n) is 8.24. The third-order valence-electron chi connectivity index (χ3n) is 4.63. The summed E-state index contributed by atoms with van der Waals surface area (Å²) >= 11 is 0. The van der Waals surface area contributed by atoms with E-state index in [1.807, 2.05) is 12.1 Å². The van der Waals surface area contributed by atoms with Gasteiger partial charge in [0.1, 0.15) is 6.29 Å². The SMILES string of the molecule is Cc1cccc(C)c1-c1cc(C=O)cc(-c2c(C)cccc2C)c1. The van der Waals surface area contributed by atoms with Crippen molar-refractivity contribution in [3.05, 3.63) is 82.4 Å². The lowest BCUT2D eigenvalue weighted by Crippen LogP contribution is -1.94. The zero-order valence-corrected chi connectivity index (χ0v) is 14.7. The number of aldehydes is 1. The summed E-state index contributed by atoms with van der Waals surface area (Å²) in [4.78, 5) is 11.5. The van der Waals surface area contributed by atoms with Crippen molar-refractivity contribution in [2.75, 3.05) is 0 Å². The minimum Gasteiger partial charge on any atom is -0.298 e. The zero-order valence-electron chi connectivity index (χ0n) is 14.7. The van der Waals surface area contributed by atoms with Crippen LogP contribution in [0.1, 0.15) is 32.6 Å². The molecular weight excluding hydrogens is 292 g/mol. The first-order chi connectivity index (χ1) is 11.5. The maximum Gasteiger partial charge on any atom is 0.150 e. The average molecular weight is 314 g/mol. The van der Waals surface area contributed by atoms with Crippen LogP contribution in [0.2, 0.25) is 0 Å². The van der Waals surface area contributed by atoms with E-state index in [-0.39, 0.29) is 0 Å². The van der Waals surface area contributed by atoms with E-state index in [1.165, 1.54) is 33.4 Å². The van der Waals surface area contributed by atoms with Gasteiger partial charge >= 0.3 is 0 Å². The molecule has 0 radical (unpaired) electrons. The van der Waals surface area contributed by atoms with Crippen molar-refractivity contribution in [3.8, 4) is 22.3 Å². The number of hydrogen-bond acceptors (Lipinski definition) is 1. The summed E-state index contributed by atoms with van der Waals surface area (Å²) in [7, 11) is 0. The van der Waals surface area contributed by atoms with Gasteiger partial charge in [0.2, 0.25) is 0 Å². The van der Waals surface area contributed by atoms with Gasteiger partial charge in [0.15, 0.2) is 0 Å². The molecule has 1 heteroatoms. The molecular formula is C23H22O. The second-order valence-electron chi connectivity index (χ2n) is 6.50. The predicted molar refractivity (Wildman–Crippen MR) is 102 cm³/mol. The molecule has 0 aliphatic carbocycles. The lowest BCUT2D eigenvalue weighted by molar-refractivity contribution is 0.112. The molecule has 0 aromatic heterocycles. The Kier molecular flexibility index (Phi) is 4.35. The summed E-state index contributed by atoms with van der Waals surface area (Å²) in [6, 6.07) is 18.8. The predicted octanol–water partition coefficient (Wildman–Crippen LogP) is 6.07. The summed E-state index contributed by atoms with van der Waals surface area (Å²) < 4.78 is 0. The van der Waals surface area contributed by atoms with Crippen molar-refractivity contribution in [2.24, 2.45) is 0 Å². The Morgan fingerprint density at radius 3 is 1.33 bits per heavy atom. The smallest absolute Gasteiger partial charge is 0.150 e. The van der Waals surface area contributed by atoms with Gasteiger partial charge in [0, 0.05) is 5.56 Å². The van der Waals surface area contributed by atoms with E-state index in [2.05, 4.69) is 70.2 Å². The fourth-order valence-corrected chi connectivity index (χ4v) is 3.55. The highest BCUT2D eigenvalue weighted by molar-refractivity contribution is 5.86. The summed E-state index contributed by atoms with van der Waals surface area (Å²) in [5.41, 5.74) is 10.3. The Labute approximate surface area is 144 Å². The van der Waals surface area contributed by atoms with Crippen LogP contribution in [0.4, 0.5) is 0 Å². The van der Waals surface area contributed by atoms with Crippen molar-refractivity contribution >= 4 is 6.29 Å². The van der Waals surface area contributed by atoms with Crippen LogP contribution in [0.5, 0.6) is 0 Å². The standard InChI is InChI=1S/C23H22O/c1-15-7-5-8-16(2)22(15)20-11-19(14-24)12-21(13-20)23-17(3)9-6-10-18(23)4/h5-14H,1-4H3. The molecule has 0 atom stereocenters. The maximum atomic E-state index is 11.5. The van der Waals surface area contributed by atoms with Gasteiger partial charge in [-0.3, -0.25) is 4.79 Å². The van der Waals surface area contributed by atoms with Crippen LogP contribution in [0, 0.1) is 27.7 Å². The first kappa shape index (κ1) is 16.2. The normalized spacial score (nSPS) is 10.7. The van der Waals surface area contributed by atoms with Crippen LogP contribution in [0.3, 0.4) is 0 Å². The van der Waals surface area contributed by atoms with E-state index in [9.17, 15) is 4.79 Å². The quantitative estimate of drug-likeness (QED) is 0.536. The topological polar surface area (TPSA) is 17.1 Å². The number of carbonyl (C=O) groups is 1. The highest BCUT2D eigenvalue weighted by atomic mass is 16.1. The Morgan fingerprint density at radius 2 is 1.00 bits per heavy atom. The van der Waals surface area contributed by atoms with Crippen LogP contribution < -0.4 is 0 Å². The van der Waals surface area contributed by atoms with Crippen LogP contribution in [-0.4, -0.2) is 6.29 Å². The molecule has 0 aliphatic rings. The monoisotopic (exact) mass is 314 g/mol. The molecule has 0 heterocycles. The van der Waals surface area contributed by atoms with E-state index in [0.29, 0.717) is 5.56 Å². The van der Waals surface area contributed by atoms with Gasteiger partial charge in [-0.05, 0) is 90.4 Å². The molecule has 24 heavy (non-hydrogen) atoms. The van der Waals surface area contributed by atoms with Crippen LogP contribution in [0.15, 0.2) is 54.6 Å². The highest BCUT2D eigenvalue weighted by Gasteiger charge is 2.11. The molecule has 0 bridgehead atoms. The van der Waals surface area contributed by atoms with Crippen molar-refractivity contribution in [2.45, 2.75) is 27.7 Å². The molecule has 0 unspecified atom stereocenters. The summed E-state index contributed by atoms with van der Waals surface area (Å²) in [6.45, 7) is 8.48. The molecule has 3 aromatic rings. The number of hydrogen-bond donors (Lipinski definition) is 0. The van der Waals surface area contributed by atoms with Crippen molar-refractivity contribution in [1.29, 1.82) is 0 Å². The Morgan fingerprint density at radius 1 is 0.625 bits per heavy atom. The molecule has 0 N–H and O–H groups in total. The largest absolute Gasteiger partial charge is 0.298 e. The molecule has 0 amide bonds. The van der Waals surface area contributed by atoms with E-state index in [4.69, 9.17) is 0 Å². The van der Waals surface area contributed by atoms with E-state index < -0.39 is 0 Å². The second kappa shape index (κ2) is 6.45. The maximum absolute atomic E-state index is 11.5. The van der Waals surface area contributed by atoms with Crippen molar-refractivity contribution in [3.63, 3.8) is 0 Å².